The van der Waals surface area contributed by atoms with Crippen LogP contribution in [0.5, 0.6) is 0 Å². The number of benzene rings is 1. The molecule has 0 radical (unpaired) electrons. The van der Waals surface area contributed by atoms with Gasteiger partial charge in [0, 0.05) is 25.3 Å². The summed E-state index contributed by atoms with van der Waals surface area (Å²) in [6.45, 7) is 6.89. The molecule has 1 N–H and O–H groups in total. The Hall–Kier alpha value is -1.02. The number of anilines is 1. The highest BCUT2D eigenvalue weighted by Gasteiger charge is 2.14. The van der Waals surface area contributed by atoms with E-state index in [1.807, 2.05) is 0 Å². The average molecular weight is 246 g/mol. The first kappa shape index (κ1) is 13.4. The number of unbranched alkanes of at least 4 members (excludes halogenated alkanes) is 2. The van der Waals surface area contributed by atoms with Gasteiger partial charge >= 0.3 is 0 Å². The van der Waals surface area contributed by atoms with Crippen molar-refractivity contribution in [2.75, 3.05) is 31.1 Å². The molecule has 0 amide bonds. The molecule has 0 spiro atoms. The molecular weight excluding hydrogens is 220 g/mol. The summed E-state index contributed by atoms with van der Waals surface area (Å²) >= 11 is 0. The van der Waals surface area contributed by atoms with Crippen molar-refractivity contribution in [1.29, 1.82) is 0 Å². The van der Waals surface area contributed by atoms with Gasteiger partial charge in [0.1, 0.15) is 0 Å². The number of hydrogen-bond acceptors (Lipinski definition) is 2. The van der Waals surface area contributed by atoms with E-state index in [9.17, 15) is 0 Å². The van der Waals surface area contributed by atoms with E-state index < -0.39 is 0 Å². The van der Waals surface area contributed by atoms with Gasteiger partial charge in [-0.3, -0.25) is 0 Å². The summed E-state index contributed by atoms with van der Waals surface area (Å²) in [6, 6.07) is 8.86. The topological polar surface area (TPSA) is 15.3 Å². The van der Waals surface area contributed by atoms with E-state index in [2.05, 4.69) is 41.4 Å². The summed E-state index contributed by atoms with van der Waals surface area (Å²) in [5.41, 5.74) is 2.98. The minimum Gasteiger partial charge on any atom is -0.370 e. The molecule has 0 saturated heterocycles. The molecule has 0 fully saturated rings. The van der Waals surface area contributed by atoms with Crippen LogP contribution in [0.3, 0.4) is 0 Å². The van der Waals surface area contributed by atoms with Crippen molar-refractivity contribution in [1.82, 2.24) is 5.32 Å². The molecule has 1 aliphatic heterocycles. The third kappa shape index (κ3) is 3.74. The fraction of sp³-hybridized carbons (Fsp3) is 0.625. The number of nitrogens with one attached hydrogen (secondary N) is 1. The largest absolute Gasteiger partial charge is 0.370 e. The van der Waals surface area contributed by atoms with E-state index in [1.54, 1.807) is 0 Å². The zero-order valence-electron chi connectivity index (χ0n) is 11.6. The molecule has 0 unspecified atom stereocenters. The number of aryl methyl sites for hydroxylation is 1. The molecule has 100 valence electrons. The molecule has 0 bridgehead atoms. The second-order valence-electron chi connectivity index (χ2n) is 5.18. The average Bonchev–Trinajstić information content (AvgIpc) is 2.43. The molecule has 0 saturated carbocycles. The van der Waals surface area contributed by atoms with Crippen LogP contribution in [0.15, 0.2) is 24.3 Å². The summed E-state index contributed by atoms with van der Waals surface area (Å²) in [7, 11) is 0. The first-order chi connectivity index (χ1) is 8.92. The highest BCUT2D eigenvalue weighted by molar-refractivity contribution is 5.55. The van der Waals surface area contributed by atoms with Gasteiger partial charge in [-0.2, -0.15) is 0 Å². The van der Waals surface area contributed by atoms with Crippen LogP contribution in [0, 0.1) is 0 Å². The van der Waals surface area contributed by atoms with E-state index in [4.69, 9.17) is 0 Å². The molecule has 18 heavy (non-hydrogen) atoms. The lowest BCUT2D eigenvalue weighted by Gasteiger charge is -2.31. The summed E-state index contributed by atoms with van der Waals surface area (Å²) < 4.78 is 0. The zero-order valence-corrected chi connectivity index (χ0v) is 11.6. The Bertz CT molecular complexity index is 349. The Balaban J connectivity index is 1.74. The van der Waals surface area contributed by atoms with Crippen LogP contribution in [0.1, 0.15) is 38.2 Å². The van der Waals surface area contributed by atoms with Crippen LogP contribution in [-0.2, 0) is 6.42 Å². The van der Waals surface area contributed by atoms with Crippen LogP contribution in [0.4, 0.5) is 5.69 Å². The number of fused-ring (bicyclic) bond motifs is 1. The second-order valence-corrected chi connectivity index (χ2v) is 5.18. The third-order valence-corrected chi connectivity index (χ3v) is 3.72. The van der Waals surface area contributed by atoms with Crippen molar-refractivity contribution >= 4 is 5.69 Å². The van der Waals surface area contributed by atoms with Crippen molar-refractivity contribution in [3.05, 3.63) is 29.8 Å². The van der Waals surface area contributed by atoms with Gasteiger partial charge in [0.25, 0.3) is 0 Å². The minimum atomic E-state index is 1.11. The molecule has 1 heterocycles. The van der Waals surface area contributed by atoms with E-state index in [0.29, 0.717) is 0 Å². The molecule has 2 rings (SSSR count). The Morgan fingerprint density at radius 3 is 2.94 bits per heavy atom. The summed E-state index contributed by atoms with van der Waals surface area (Å²) in [5, 5.41) is 3.56. The predicted molar refractivity (Wildman–Crippen MR) is 79.4 cm³/mol. The quantitative estimate of drug-likeness (QED) is 0.743. The molecule has 0 aliphatic carbocycles. The number of hydrogen-bond donors (Lipinski definition) is 1. The van der Waals surface area contributed by atoms with Gasteiger partial charge in [0.15, 0.2) is 0 Å². The van der Waals surface area contributed by atoms with Crippen LogP contribution < -0.4 is 10.2 Å². The molecule has 0 atom stereocenters. The smallest absolute Gasteiger partial charge is 0.0399 e. The third-order valence-electron chi connectivity index (χ3n) is 3.72. The molecule has 1 aliphatic rings. The first-order valence-corrected chi connectivity index (χ1v) is 7.45. The predicted octanol–water partition coefficient (Wildman–Crippen LogP) is 3.22. The SMILES string of the molecule is CCCCCNCCN1CCCc2ccccc21. The zero-order chi connectivity index (χ0) is 12.6. The van der Waals surface area contributed by atoms with Crippen molar-refractivity contribution in [2.45, 2.75) is 39.0 Å². The number of nitrogens with zero attached hydrogens (tertiary/aromatic N) is 1. The highest BCUT2D eigenvalue weighted by Crippen LogP contribution is 2.25. The Kier molecular flexibility index (Phi) is 5.53. The standard InChI is InChI=1S/C16H26N2/c1-2-3-6-11-17-12-14-18-13-7-9-15-8-4-5-10-16(15)18/h4-5,8,10,17H,2-3,6-7,9,11-14H2,1H3. The lowest BCUT2D eigenvalue weighted by Crippen LogP contribution is -2.35. The van der Waals surface area contributed by atoms with Gasteiger partial charge < -0.3 is 10.2 Å². The Morgan fingerprint density at radius 1 is 1.17 bits per heavy atom. The van der Waals surface area contributed by atoms with Crippen molar-refractivity contribution in [3.63, 3.8) is 0 Å². The van der Waals surface area contributed by atoms with Crippen LogP contribution in [0.25, 0.3) is 0 Å². The maximum absolute atomic E-state index is 3.56. The number of para-hydroxylation sites is 1. The van der Waals surface area contributed by atoms with Crippen molar-refractivity contribution in [2.24, 2.45) is 0 Å². The van der Waals surface area contributed by atoms with E-state index >= 15 is 0 Å². The minimum absolute atomic E-state index is 1.11. The van der Waals surface area contributed by atoms with E-state index in [1.165, 1.54) is 56.4 Å². The second kappa shape index (κ2) is 7.42. The summed E-state index contributed by atoms with van der Waals surface area (Å²) in [6.07, 6.45) is 6.51. The Morgan fingerprint density at radius 2 is 2.06 bits per heavy atom. The van der Waals surface area contributed by atoms with Gasteiger partial charge in [-0.1, -0.05) is 38.0 Å². The van der Waals surface area contributed by atoms with Crippen LogP contribution in [-0.4, -0.2) is 26.2 Å². The Labute approximate surface area is 111 Å². The molecule has 1 aromatic carbocycles. The summed E-state index contributed by atoms with van der Waals surface area (Å²) in [4.78, 5) is 2.53. The van der Waals surface area contributed by atoms with Gasteiger partial charge in [-0.15, -0.1) is 0 Å². The lowest BCUT2D eigenvalue weighted by atomic mass is 10.0. The van der Waals surface area contributed by atoms with Crippen molar-refractivity contribution in [3.8, 4) is 0 Å². The van der Waals surface area contributed by atoms with Crippen LogP contribution in [0.2, 0.25) is 0 Å². The summed E-state index contributed by atoms with van der Waals surface area (Å²) in [5.74, 6) is 0. The fourth-order valence-electron chi connectivity index (χ4n) is 2.68. The van der Waals surface area contributed by atoms with E-state index in [0.717, 1.165) is 13.1 Å². The molecular formula is C16H26N2. The molecule has 1 aromatic rings. The van der Waals surface area contributed by atoms with E-state index in [-0.39, 0.29) is 0 Å². The normalized spacial score (nSPS) is 14.6. The van der Waals surface area contributed by atoms with Gasteiger partial charge in [0.2, 0.25) is 0 Å². The van der Waals surface area contributed by atoms with Gasteiger partial charge in [-0.05, 0) is 37.4 Å². The molecule has 2 nitrogen and oxygen atoms in total. The highest BCUT2D eigenvalue weighted by atomic mass is 15.1. The molecule has 2 heteroatoms. The van der Waals surface area contributed by atoms with Gasteiger partial charge in [0.05, 0.1) is 0 Å². The lowest BCUT2D eigenvalue weighted by molar-refractivity contribution is 0.596. The van der Waals surface area contributed by atoms with Crippen molar-refractivity contribution < 1.29 is 0 Å². The number of rotatable bonds is 7. The maximum atomic E-state index is 3.56. The fourth-order valence-corrected chi connectivity index (χ4v) is 2.68. The monoisotopic (exact) mass is 246 g/mol. The maximum Gasteiger partial charge on any atom is 0.0399 e. The van der Waals surface area contributed by atoms with Crippen LogP contribution >= 0.6 is 0 Å². The van der Waals surface area contributed by atoms with Gasteiger partial charge in [-0.25, -0.2) is 0 Å². The first-order valence-electron chi connectivity index (χ1n) is 7.45. The molecule has 0 aromatic heterocycles.